The number of H-pyrrole nitrogens is 1. The summed E-state index contributed by atoms with van der Waals surface area (Å²) in [6, 6.07) is 14.1. The first-order valence-electron chi connectivity index (χ1n) is 5.46. The highest BCUT2D eigenvalue weighted by Gasteiger charge is 2.01. The summed E-state index contributed by atoms with van der Waals surface area (Å²) < 4.78 is 0. The zero-order valence-corrected chi connectivity index (χ0v) is 9.17. The number of aromatic amines is 1. The van der Waals surface area contributed by atoms with Crippen molar-refractivity contribution >= 4 is 23.2 Å². The van der Waals surface area contributed by atoms with Crippen molar-refractivity contribution in [2.45, 2.75) is 0 Å². The molecule has 0 fully saturated rings. The average Bonchev–Trinajstić information content (AvgIpc) is 2.81. The van der Waals surface area contributed by atoms with Crippen molar-refractivity contribution in [2.75, 3.05) is 0 Å². The molecule has 2 aromatic heterocycles. The van der Waals surface area contributed by atoms with Crippen molar-refractivity contribution in [3.63, 3.8) is 0 Å². The largest absolute Gasteiger partial charge is 0.276 e. The molecule has 82 valence electrons. The summed E-state index contributed by atoms with van der Waals surface area (Å²) in [6.45, 7) is 0. The molecule has 1 N–H and O–H groups in total. The fraction of sp³-hybridized carbons (Fsp3) is 0. The summed E-state index contributed by atoms with van der Waals surface area (Å²) in [5.41, 5.74) is 2.90. The van der Waals surface area contributed by atoms with E-state index >= 15 is 0 Å². The lowest BCUT2D eigenvalue weighted by Gasteiger charge is -1.91. The van der Waals surface area contributed by atoms with Gasteiger partial charge in [0.25, 0.3) is 0 Å². The zero-order chi connectivity index (χ0) is 11.5. The normalized spacial score (nSPS) is 11.3. The van der Waals surface area contributed by atoms with E-state index in [4.69, 9.17) is 0 Å². The number of benzene rings is 1. The minimum absolute atomic E-state index is 0.750. The molecule has 0 unspecified atom stereocenters. The third-order valence-electron chi connectivity index (χ3n) is 2.60. The highest BCUT2D eigenvalue weighted by Crippen LogP contribution is 2.15. The summed E-state index contributed by atoms with van der Waals surface area (Å²) in [6.07, 6.45) is 5.82. The van der Waals surface area contributed by atoms with Crippen LogP contribution in [0.1, 0.15) is 11.3 Å². The van der Waals surface area contributed by atoms with Gasteiger partial charge >= 0.3 is 0 Å². The average molecular weight is 221 g/mol. The maximum Gasteiger partial charge on any atom is 0.181 e. The van der Waals surface area contributed by atoms with Gasteiger partial charge in [-0.3, -0.25) is 5.10 Å². The van der Waals surface area contributed by atoms with E-state index in [-0.39, 0.29) is 0 Å². The van der Waals surface area contributed by atoms with Gasteiger partial charge < -0.3 is 0 Å². The Labute approximate surface area is 98.8 Å². The van der Waals surface area contributed by atoms with Crippen LogP contribution in [0.25, 0.3) is 23.2 Å². The molecule has 0 aliphatic carbocycles. The Balaban J connectivity index is 1.98. The fourth-order valence-corrected chi connectivity index (χ4v) is 1.74. The number of nitrogens with zero attached hydrogens (tertiary/aromatic N) is 2. The van der Waals surface area contributed by atoms with Crippen LogP contribution in [0.4, 0.5) is 0 Å². The minimum atomic E-state index is 0.750. The lowest BCUT2D eigenvalue weighted by molar-refractivity contribution is 1.09. The van der Waals surface area contributed by atoms with Crippen molar-refractivity contribution in [1.82, 2.24) is 15.2 Å². The van der Waals surface area contributed by atoms with E-state index in [1.165, 1.54) is 5.56 Å². The number of hydrogen-bond donors (Lipinski definition) is 1. The number of rotatable bonds is 2. The van der Waals surface area contributed by atoms with Crippen LogP contribution in [0.3, 0.4) is 0 Å². The quantitative estimate of drug-likeness (QED) is 0.722. The first kappa shape index (κ1) is 9.78. The SMILES string of the molecule is C(=Cc1[nH]nc2ncccc12)c1ccccc1. The molecular weight excluding hydrogens is 210 g/mol. The summed E-state index contributed by atoms with van der Waals surface area (Å²) in [7, 11) is 0. The molecule has 2 heterocycles. The Kier molecular flexibility index (Phi) is 2.43. The van der Waals surface area contributed by atoms with Gasteiger partial charge in [-0.05, 0) is 23.8 Å². The molecule has 0 bridgehead atoms. The molecular formula is C14H11N3. The van der Waals surface area contributed by atoms with Crippen LogP contribution in [0.15, 0.2) is 48.7 Å². The molecule has 3 nitrogen and oxygen atoms in total. The number of pyridine rings is 1. The molecule has 0 aliphatic heterocycles. The fourth-order valence-electron chi connectivity index (χ4n) is 1.74. The Morgan fingerprint density at radius 3 is 2.71 bits per heavy atom. The molecule has 0 saturated carbocycles. The third-order valence-corrected chi connectivity index (χ3v) is 2.60. The number of aromatic nitrogens is 3. The second-order valence-electron chi connectivity index (χ2n) is 3.76. The number of fused-ring (bicyclic) bond motifs is 1. The molecule has 3 heteroatoms. The maximum absolute atomic E-state index is 4.18. The second-order valence-corrected chi connectivity index (χ2v) is 3.76. The third kappa shape index (κ3) is 1.95. The maximum atomic E-state index is 4.18. The monoisotopic (exact) mass is 221 g/mol. The van der Waals surface area contributed by atoms with Crippen molar-refractivity contribution in [1.29, 1.82) is 0 Å². The summed E-state index contributed by atoms with van der Waals surface area (Å²) >= 11 is 0. The Hall–Kier alpha value is -2.42. The molecule has 0 spiro atoms. The Morgan fingerprint density at radius 1 is 0.941 bits per heavy atom. The van der Waals surface area contributed by atoms with E-state index in [1.54, 1.807) is 6.20 Å². The lowest BCUT2D eigenvalue weighted by atomic mass is 10.2. The van der Waals surface area contributed by atoms with E-state index in [2.05, 4.69) is 33.4 Å². The van der Waals surface area contributed by atoms with Crippen molar-refractivity contribution in [3.8, 4) is 0 Å². The first-order valence-corrected chi connectivity index (χ1v) is 5.46. The molecule has 0 amide bonds. The van der Waals surface area contributed by atoms with Crippen LogP contribution in [0.5, 0.6) is 0 Å². The van der Waals surface area contributed by atoms with Gasteiger partial charge in [-0.25, -0.2) is 4.98 Å². The van der Waals surface area contributed by atoms with Gasteiger partial charge in [0.1, 0.15) is 0 Å². The molecule has 1 aromatic carbocycles. The molecule has 17 heavy (non-hydrogen) atoms. The standard InChI is InChI=1S/C14H11N3/c1-2-5-11(6-3-1)8-9-13-12-7-4-10-15-14(12)17-16-13/h1-10H,(H,15,16,17). The summed E-state index contributed by atoms with van der Waals surface area (Å²) in [4.78, 5) is 4.18. The van der Waals surface area contributed by atoms with Crippen LogP contribution in [0, 0.1) is 0 Å². The zero-order valence-electron chi connectivity index (χ0n) is 9.17. The van der Waals surface area contributed by atoms with Crippen LogP contribution in [-0.2, 0) is 0 Å². The van der Waals surface area contributed by atoms with Gasteiger partial charge in [-0.1, -0.05) is 36.4 Å². The molecule has 0 radical (unpaired) electrons. The molecule has 0 atom stereocenters. The highest BCUT2D eigenvalue weighted by molar-refractivity contribution is 5.86. The van der Waals surface area contributed by atoms with E-state index < -0.39 is 0 Å². The second kappa shape index (κ2) is 4.22. The topological polar surface area (TPSA) is 41.6 Å². The van der Waals surface area contributed by atoms with Crippen LogP contribution < -0.4 is 0 Å². The number of nitrogens with one attached hydrogen (secondary N) is 1. The Morgan fingerprint density at radius 2 is 1.82 bits per heavy atom. The molecule has 3 rings (SSSR count). The smallest absolute Gasteiger partial charge is 0.181 e. The van der Waals surface area contributed by atoms with Crippen molar-refractivity contribution in [2.24, 2.45) is 0 Å². The molecule has 0 aliphatic rings. The van der Waals surface area contributed by atoms with Crippen LogP contribution in [0.2, 0.25) is 0 Å². The first-order chi connectivity index (χ1) is 8.43. The summed E-state index contributed by atoms with van der Waals surface area (Å²) in [5.74, 6) is 0. The van der Waals surface area contributed by atoms with Gasteiger partial charge in [-0.2, -0.15) is 5.10 Å². The van der Waals surface area contributed by atoms with E-state index in [0.717, 1.165) is 16.7 Å². The van der Waals surface area contributed by atoms with E-state index in [0.29, 0.717) is 0 Å². The Bertz CT molecular complexity index is 653. The van der Waals surface area contributed by atoms with Crippen LogP contribution in [-0.4, -0.2) is 15.2 Å². The van der Waals surface area contributed by atoms with Crippen LogP contribution >= 0.6 is 0 Å². The van der Waals surface area contributed by atoms with Crippen molar-refractivity contribution in [3.05, 3.63) is 59.9 Å². The van der Waals surface area contributed by atoms with Gasteiger partial charge in [0.05, 0.1) is 5.69 Å². The van der Waals surface area contributed by atoms with Gasteiger partial charge in [0.15, 0.2) is 5.65 Å². The predicted octanol–water partition coefficient (Wildman–Crippen LogP) is 3.13. The predicted molar refractivity (Wildman–Crippen MR) is 69.3 cm³/mol. The van der Waals surface area contributed by atoms with E-state index in [9.17, 15) is 0 Å². The number of hydrogen-bond acceptors (Lipinski definition) is 2. The van der Waals surface area contributed by atoms with E-state index in [1.807, 2.05) is 36.4 Å². The molecule has 0 saturated heterocycles. The lowest BCUT2D eigenvalue weighted by Crippen LogP contribution is -1.74. The highest BCUT2D eigenvalue weighted by atomic mass is 15.1. The molecule has 3 aromatic rings. The van der Waals surface area contributed by atoms with Gasteiger partial charge in [0, 0.05) is 11.6 Å². The van der Waals surface area contributed by atoms with Gasteiger partial charge in [-0.15, -0.1) is 0 Å². The minimum Gasteiger partial charge on any atom is -0.276 e. The van der Waals surface area contributed by atoms with Crippen molar-refractivity contribution < 1.29 is 0 Å². The summed E-state index contributed by atoms with van der Waals surface area (Å²) in [5, 5.41) is 8.17. The van der Waals surface area contributed by atoms with Gasteiger partial charge in [0.2, 0.25) is 0 Å².